The monoisotopic (exact) mass is 405 g/mol. The van der Waals surface area contributed by atoms with Crippen molar-refractivity contribution < 1.29 is 9.59 Å². The predicted octanol–water partition coefficient (Wildman–Crippen LogP) is 3.27. The zero-order chi connectivity index (χ0) is 18.8. The van der Waals surface area contributed by atoms with Gasteiger partial charge in [0.15, 0.2) is 0 Å². The number of nitrogens with one attached hydrogen (secondary N) is 2. The molecule has 1 saturated carbocycles. The van der Waals surface area contributed by atoms with Crippen LogP contribution in [-0.4, -0.2) is 41.9 Å². The maximum atomic E-state index is 12.9. The van der Waals surface area contributed by atoms with Crippen LogP contribution in [-0.2, 0) is 11.3 Å². The summed E-state index contributed by atoms with van der Waals surface area (Å²) in [6.07, 6.45) is 8.97. The smallest absolute Gasteiger partial charge is 0.253 e. The summed E-state index contributed by atoms with van der Waals surface area (Å²) in [6.45, 7) is 0.539. The van der Waals surface area contributed by atoms with Gasteiger partial charge in [-0.25, -0.2) is 0 Å². The van der Waals surface area contributed by atoms with Crippen LogP contribution >= 0.6 is 12.4 Å². The van der Waals surface area contributed by atoms with Gasteiger partial charge in [0, 0.05) is 43.2 Å². The van der Waals surface area contributed by atoms with E-state index in [4.69, 9.17) is 0 Å². The molecule has 1 aromatic rings. The number of hydrogen-bond acceptors (Lipinski definition) is 3. The Morgan fingerprint density at radius 2 is 1.64 bits per heavy atom. The van der Waals surface area contributed by atoms with Crippen molar-refractivity contribution in [1.29, 1.82) is 0 Å². The third kappa shape index (κ3) is 4.69. The lowest BCUT2D eigenvalue weighted by Crippen LogP contribution is -2.48. The fraction of sp³-hybridized carbons (Fsp3) is 0.636. The Morgan fingerprint density at radius 3 is 2.25 bits per heavy atom. The van der Waals surface area contributed by atoms with Crippen LogP contribution in [0.4, 0.5) is 0 Å². The van der Waals surface area contributed by atoms with Crippen molar-refractivity contribution in [3.05, 3.63) is 35.4 Å². The highest BCUT2D eigenvalue weighted by Crippen LogP contribution is 2.30. The molecule has 3 aliphatic rings. The van der Waals surface area contributed by atoms with E-state index >= 15 is 0 Å². The van der Waals surface area contributed by atoms with Crippen molar-refractivity contribution in [2.75, 3.05) is 7.05 Å². The van der Waals surface area contributed by atoms with Gasteiger partial charge < -0.3 is 15.5 Å². The van der Waals surface area contributed by atoms with E-state index in [-0.39, 0.29) is 30.1 Å². The van der Waals surface area contributed by atoms with Crippen molar-refractivity contribution in [3.63, 3.8) is 0 Å². The number of carbonyl (C=O) groups is 2. The van der Waals surface area contributed by atoms with E-state index in [0.717, 1.165) is 36.8 Å². The highest BCUT2D eigenvalue weighted by atomic mass is 35.5. The van der Waals surface area contributed by atoms with Gasteiger partial charge in [0.2, 0.25) is 5.91 Å². The Labute approximate surface area is 174 Å². The Balaban J connectivity index is 0.00000225. The summed E-state index contributed by atoms with van der Waals surface area (Å²) in [4.78, 5) is 26.9. The Morgan fingerprint density at radius 1 is 1.04 bits per heavy atom. The third-order valence-electron chi connectivity index (χ3n) is 6.71. The standard InChI is InChI=1S/C22H31N3O2.ClH/c1-25(20-12-18-10-11-19(13-20)24-18)22(27)17-8-6-15(7-9-17)14-23-21(26)16-4-2-3-5-16;/h6-9,16,18-20,24H,2-5,10-14H2,1H3,(H,23,26);1H. The number of piperidine rings is 1. The molecule has 2 N–H and O–H groups in total. The molecule has 154 valence electrons. The Hall–Kier alpha value is -1.59. The van der Waals surface area contributed by atoms with Crippen LogP contribution in [0.3, 0.4) is 0 Å². The van der Waals surface area contributed by atoms with Gasteiger partial charge in [0.25, 0.3) is 5.91 Å². The number of nitrogens with zero attached hydrogens (tertiary/aromatic N) is 1. The first kappa shape index (κ1) is 21.1. The molecule has 5 nitrogen and oxygen atoms in total. The van der Waals surface area contributed by atoms with Crippen molar-refractivity contribution in [2.24, 2.45) is 5.92 Å². The van der Waals surface area contributed by atoms with Gasteiger partial charge in [-0.3, -0.25) is 9.59 Å². The van der Waals surface area contributed by atoms with Crippen LogP contribution in [0.5, 0.6) is 0 Å². The number of amides is 2. The quantitative estimate of drug-likeness (QED) is 0.790. The second-order valence-electron chi connectivity index (χ2n) is 8.58. The molecule has 0 aromatic heterocycles. The van der Waals surface area contributed by atoms with Crippen LogP contribution < -0.4 is 10.6 Å². The Bertz CT molecular complexity index is 676. The molecule has 2 bridgehead atoms. The Kier molecular flexibility index (Phi) is 7.00. The van der Waals surface area contributed by atoms with Gasteiger partial charge in [-0.2, -0.15) is 0 Å². The van der Waals surface area contributed by atoms with Gasteiger partial charge >= 0.3 is 0 Å². The van der Waals surface area contributed by atoms with Crippen LogP contribution in [0.15, 0.2) is 24.3 Å². The summed E-state index contributed by atoms with van der Waals surface area (Å²) >= 11 is 0. The SMILES string of the molecule is CN(C(=O)c1ccc(CNC(=O)C2CCCC2)cc1)C1CC2CCC(C1)N2.Cl. The second kappa shape index (κ2) is 9.27. The zero-order valence-corrected chi connectivity index (χ0v) is 17.5. The fourth-order valence-corrected chi connectivity index (χ4v) is 5.00. The second-order valence-corrected chi connectivity index (χ2v) is 8.58. The van der Waals surface area contributed by atoms with E-state index in [1.165, 1.54) is 25.7 Å². The molecule has 4 rings (SSSR count). The average Bonchev–Trinajstić information content (AvgIpc) is 3.35. The first-order chi connectivity index (χ1) is 13.1. The average molecular weight is 406 g/mol. The van der Waals surface area contributed by atoms with Gasteiger partial charge in [0.1, 0.15) is 0 Å². The third-order valence-corrected chi connectivity index (χ3v) is 6.71. The number of benzene rings is 1. The minimum Gasteiger partial charge on any atom is -0.352 e. The maximum absolute atomic E-state index is 12.9. The van der Waals surface area contributed by atoms with Crippen LogP contribution in [0, 0.1) is 5.92 Å². The lowest BCUT2D eigenvalue weighted by atomic mass is 9.98. The summed E-state index contributed by atoms with van der Waals surface area (Å²) in [6, 6.07) is 9.20. The van der Waals surface area contributed by atoms with Gasteiger partial charge in [-0.05, 0) is 56.2 Å². The highest BCUT2D eigenvalue weighted by molar-refractivity contribution is 5.94. The van der Waals surface area contributed by atoms with Gasteiger partial charge in [-0.15, -0.1) is 12.4 Å². The van der Waals surface area contributed by atoms with Gasteiger partial charge in [-0.1, -0.05) is 25.0 Å². The van der Waals surface area contributed by atoms with Crippen molar-refractivity contribution in [2.45, 2.75) is 76.0 Å². The molecule has 1 aromatic carbocycles. The molecule has 2 amide bonds. The molecule has 0 radical (unpaired) electrons. The number of fused-ring (bicyclic) bond motifs is 2. The summed E-state index contributed by atoms with van der Waals surface area (Å²) in [5, 5.41) is 6.67. The molecular weight excluding hydrogens is 374 g/mol. The van der Waals surface area contributed by atoms with Crippen molar-refractivity contribution >= 4 is 24.2 Å². The number of hydrogen-bond donors (Lipinski definition) is 2. The lowest BCUT2D eigenvalue weighted by Gasteiger charge is -2.35. The molecule has 2 aliphatic heterocycles. The highest BCUT2D eigenvalue weighted by Gasteiger charge is 2.36. The van der Waals surface area contributed by atoms with Gasteiger partial charge in [0.05, 0.1) is 0 Å². The van der Waals surface area contributed by atoms with Crippen molar-refractivity contribution in [1.82, 2.24) is 15.5 Å². The fourth-order valence-electron chi connectivity index (χ4n) is 5.00. The normalized spacial score (nSPS) is 26.5. The molecule has 1 aliphatic carbocycles. The lowest BCUT2D eigenvalue weighted by molar-refractivity contribution is -0.124. The van der Waals surface area contributed by atoms with E-state index in [0.29, 0.717) is 24.7 Å². The molecular formula is C22H32ClN3O2. The molecule has 6 heteroatoms. The molecule has 2 heterocycles. The van der Waals surface area contributed by atoms with Crippen LogP contribution in [0.1, 0.15) is 67.3 Å². The van der Waals surface area contributed by atoms with E-state index in [1.807, 2.05) is 36.2 Å². The van der Waals surface area contributed by atoms with E-state index in [1.54, 1.807) is 0 Å². The minimum absolute atomic E-state index is 0. The first-order valence-corrected chi connectivity index (χ1v) is 10.5. The topological polar surface area (TPSA) is 61.4 Å². The van der Waals surface area contributed by atoms with E-state index in [9.17, 15) is 9.59 Å². The summed E-state index contributed by atoms with van der Waals surface area (Å²) < 4.78 is 0. The largest absolute Gasteiger partial charge is 0.352 e. The molecule has 2 unspecified atom stereocenters. The molecule has 3 fully saturated rings. The van der Waals surface area contributed by atoms with Crippen molar-refractivity contribution in [3.8, 4) is 0 Å². The molecule has 2 atom stereocenters. The van der Waals surface area contributed by atoms with Crippen LogP contribution in [0.25, 0.3) is 0 Å². The maximum Gasteiger partial charge on any atom is 0.253 e. The summed E-state index contributed by atoms with van der Waals surface area (Å²) in [7, 11) is 1.94. The predicted molar refractivity (Wildman–Crippen MR) is 113 cm³/mol. The number of rotatable bonds is 5. The molecule has 2 saturated heterocycles. The minimum atomic E-state index is 0. The van der Waals surface area contributed by atoms with Crippen LogP contribution in [0.2, 0.25) is 0 Å². The summed E-state index contributed by atoms with van der Waals surface area (Å²) in [5.41, 5.74) is 1.77. The first-order valence-electron chi connectivity index (χ1n) is 10.5. The van der Waals surface area contributed by atoms with E-state index < -0.39 is 0 Å². The summed E-state index contributed by atoms with van der Waals surface area (Å²) in [5.74, 6) is 0.468. The van der Waals surface area contributed by atoms with E-state index in [2.05, 4.69) is 10.6 Å². The molecule has 0 spiro atoms. The molecule has 28 heavy (non-hydrogen) atoms. The number of halogens is 1. The number of carbonyl (C=O) groups excluding carboxylic acids is 2. The zero-order valence-electron chi connectivity index (χ0n) is 16.7.